The van der Waals surface area contributed by atoms with Crippen molar-refractivity contribution in [2.75, 3.05) is 39.9 Å². The average Bonchev–Trinajstić information content (AvgIpc) is 2.60. The van der Waals surface area contributed by atoms with Gasteiger partial charge in [0.05, 0.1) is 0 Å². The molecule has 0 amide bonds. The Morgan fingerprint density at radius 1 is 1.38 bits per heavy atom. The molecule has 0 bridgehead atoms. The normalized spacial score (nSPS) is 16.2. The molecule has 1 aliphatic heterocycles. The maximum Gasteiger partial charge on any atom is 0.193 e. The number of halogens is 1. The third-order valence-electron chi connectivity index (χ3n) is 4.46. The second-order valence-electron chi connectivity index (χ2n) is 6.38. The molecule has 0 unspecified atom stereocenters. The third-order valence-corrected chi connectivity index (χ3v) is 4.70. The monoisotopic (exact) mass is 351 g/mol. The molecule has 1 aromatic rings. The quantitative estimate of drug-likeness (QED) is 0.602. The van der Waals surface area contributed by atoms with Crippen LogP contribution >= 0.6 is 11.6 Å². The highest BCUT2D eigenvalue weighted by molar-refractivity contribution is 6.30. The van der Waals surface area contributed by atoms with E-state index in [4.69, 9.17) is 21.3 Å². The predicted molar refractivity (Wildman–Crippen MR) is 102 cm³/mol. The number of nitrogens with one attached hydrogen (secondary N) is 1. The summed E-state index contributed by atoms with van der Waals surface area (Å²) < 4.78 is 5.44. The van der Waals surface area contributed by atoms with Gasteiger partial charge in [0.1, 0.15) is 0 Å². The fourth-order valence-corrected chi connectivity index (χ4v) is 3.18. The first kappa shape index (κ1) is 19.1. The van der Waals surface area contributed by atoms with Crippen molar-refractivity contribution in [1.82, 2.24) is 10.2 Å². The van der Waals surface area contributed by atoms with Crippen LogP contribution in [0.2, 0.25) is 5.02 Å². The van der Waals surface area contributed by atoms with E-state index in [-0.39, 0.29) is 0 Å². The van der Waals surface area contributed by atoms with Crippen LogP contribution in [-0.4, -0.2) is 50.8 Å². The maximum atomic E-state index is 6.04. The minimum Gasteiger partial charge on any atom is -0.381 e. The standard InChI is InChI=1S/C19H30ClN3O/c1-3-21-19(22-11-7-17-5-4-6-18(20)15-17)23(2)12-8-16-9-13-24-14-10-16/h4-6,15-16H,3,7-14H2,1-2H3,(H,21,22). The molecule has 1 fully saturated rings. The lowest BCUT2D eigenvalue weighted by molar-refractivity contribution is 0.0625. The van der Waals surface area contributed by atoms with Crippen molar-refractivity contribution < 1.29 is 4.74 Å². The molecule has 0 aliphatic carbocycles. The summed E-state index contributed by atoms with van der Waals surface area (Å²) in [4.78, 5) is 7.01. The molecule has 1 saturated heterocycles. The van der Waals surface area contributed by atoms with Crippen molar-refractivity contribution in [2.45, 2.75) is 32.6 Å². The molecule has 5 heteroatoms. The lowest BCUT2D eigenvalue weighted by atomic mass is 9.96. The molecule has 0 radical (unpaired) electrons. The van der Waals surface area contributed by atoms with E-state index in [1.54, 1.807) is 0 Å². The van der Waals surface area contributed by atoms with Crippen LogP contribution in [0.4, 0.5) is 0 Å². The molecule has 0 atom stereocenters. The van der Waals surface area contributed by atoms with Crippen LogP contribution in [0.5, 0.6) is 0 Å². The van der Waals surface area contributed by atoms with Gasteiger partial charge in [-0.2, -0.15) is 0 Å². The zero-order valence-corrected chi connectivity index (χ0v) is 15.7. The molecule has 0 aromatic heterocycles. The molecule has 1 aromatic carbocycles. The fraction of sp³-hybridized carbons (Fsp3) is 0.632. The highest BCUT2D eigenvalue weighted by Gasteiger charge is 2.15. The summed E-state index contributed by atoms with van der Waals surface area (Å²) in [7, 11) is 2.13. The Morgan fingerprint density at radius 2 is 2.17 bits per heavy atom. The Morgan fingerprint density at radius 3 is 2.88 bits per heavy atom. The maximum absolute atomic E-state index is 6.04. The van der Waals surface area contributed by atoms with Gasteiger partial charge < -0.3 is 15.0 Å². The van der Waals surface area contributed by atoms with E-state index in [0.29, 0.717) is 0 Å². The van der Waals surface area contributed by atoms with E-state index in [1.807, 2.05) is 18.2 Å². The first-order valence-corrected chi connectivity index (χ1v) is 9.38. The van der Waals surface area contributed by atoms with Gasteiger partial charge in [-0.1, -0.05) is 23.7 Å². The van der Waals surface area contributed by atoms with E-state index in [1.165, 1.54) is 24.8 Å². The van der Waals surface area contributed by atoms with Crippen LogP contribution in [0.25, 0.3) is 0 Å². The minimum absolute atomic E-state index is 0.768. The van der Waals surface area contributed by atoms with Gasteiger partial charge in [-0.15, -0.1) is 0 Å². The van der Waals surface area contributed by atoms with Crippen LogP contribution in [0, 0.1) is 5.92 Å². The van der Waals surface area contributed by atoms with Crippen molar-refractivity contribution >= 4 is 17.6 Å². The van der Waals surface area contributed by atoms with Gasteiger partial charge in [0.25, 0.3) is 0 Å². The van der Waals surface area contributed by atoms with E-state index in [9.17, 15) is 0 Å². The first-order chi connectivity index (χ1) is 11.7. The topological polar surface area (TPSA) is 36.9 Å². The number of nitrogens with zero attached hydrogens (tertiary/aromatic N) is 2. The number of ether oxygens (including phenoxy) is 1. The van der Waals surface area contributed by atoms with Crippen molar-refractivity contribution in [2.24, 2.45) is 10.9 Å². The van der Waals surface area contributed by atoms with Crippen LogP contribution < -0.4 is 5.32 Å². The van der Waals surface area contributed by atoms with Crippen molar-refractivity contribution in [1.29, 1.82) is 0 Å². The Bertz CT molecular complexity index is 515. The van der Waals surface area contributed by atoms with Gasteiger partial charge >= 0.3 is 0 Å². The highest BCUT2D eigenvalue weighted by atomic mass is 35.5. The van der Waals surface area contributed by atoms with Crippen molar-refractivity contribution in [3.63, 3.8) is 0 Å². The minimum atomic E-state index is 0.768. The summed E-state index contributed by atoms with van der Waals surface area (Å²) in [5.74, 6) is 1.78. The summed E-state index contributed by atoms with van der Waals surface area (Å²) >= 11 is 6.04. The molecule has 4 nitrogen and oxygen atoms in total. The number of benzene rings is 1. The van der Waals surface area contributed by atoms with Crippen LogP contribution in [0.15, 0.2) is 29.3 Å². The first-order valence-electron chi connectivity index (χ1n) is 9.00. The molecule has 134 valence electrons. The summed E-state index contributed by atoms with van der Waals surface area (Å²) in [5, 5.41) is 4.18. The number of hydrogen-bond donors (Lipinski definition) is 1. The summed E-state index contributed by atoms with van der Waals surface area (Å²) in [6.07, 6.45) is 4.49. The number of aliphatic imine (C=N–C) groups is 1. The molecular weight excluding hydrogens is 322 g/mol. The second kappa shape index (κ2) is 10.6. The van der Waals surface area contributed by atoms with E-state index < -0.39 is 0 Å². The van der Waals surface area contributed by atoms with Gasteiger partial charge in [-0.25, -0.2) is 0 Å². The Kier molecular flexibility index (Phi) is 8.40. The van der Waals surface area contributed by atoms with Crippen LogP contribution in [-0.2, 0) is 11.2 Å². The summed E-state index contributed by atoms with van der Waals surface area (Å²) in [6.45, 7) is 6.64. The smallest absolute Gasteiger partial charge is 0.193 e. The molecule has 24 heavy (non-hydrogen) atoms. The number of guanidine groups is 1. The van der Waals surface area contributed by atoms with E-state index in [0.717, 1.165) is 56.2 Å². The molecule has 0 saturated carbocycles. The second-order valence-corrected chi connectivity index (χ2v) is 6.82. The molecule has 1 aliphatic rings. The lowest BCUT2D eigenvalue weighted by Crippen LogP contribution is -2.40. The van der Waals surface area contributed by atoms with Gasteiger partial charge in [0, 0.05) is 44.9 Å². The zero-order chi connectivity index (χ0) is 17.2. The summed E-state index contributed by atoms with van der Waals surface area (Å²) in [6, 6.07) is 8.01. The Labute approximate surface area is 151 Å². The van der Waals surface area contributed by atoms with Crippen molar-refractivity contribution in [3.8, 4) is 0 Å². The highest BCUT2D eigenvalue weighted by Crippen LogP contribution is 2.18. The van der Waals surface area contributed by atoms with Gasteiger partial charge in [0.2, 0.25) is 0 Å². The summed E-state index contributed by atoms with van der Waals surface area (Å²) in [5.41, 5.74) is 1.23. The largest absolute Gasteiger partial charge is 0.381 e. The van der Waals surface area contributed by atoms with Gasteiger partial charge in [-0.3, -0.25) is 4.99 Å². The predicted octanol–water partition coefficient (Wildman–Crippen LogP) is 3.60. The molecule has 1 N–H and O–H groups in total. The van der Waals surface area contributed by atoms with Gasteiger partial charge in [0.15, 0.2) is 5.96 Å². The Hall–Kier alpha value is -1.26. The van der Waals surface area contributed by atoms with Crippen molar-refractivity contribution in [3.05, 3.63) is 34.9 Å². The van der Waals surface area contributed by atoms with Crippen LogP contribution in [0.3, 0.4) is 0 Å². The van der Waals surface area contributed by atoms with E-state index in [2.05, 4.69) is 30.3 Å². The van der Waals surface area contributed by atoms with Gasteiger partial charge in [-0.05, 0) is 56.2 Å². The molecule has 0 spiro atoms. The Balaban J connectivity index is 1.81. The van der Waals surface area contributed by atoms with Crippen LogP contribution in [0.1, 0.15) is 31.7 Å². The SMILES string of the molecule is CCNC(=NCCc1cccc(Cl)c1)N(C)CCC1CCOCC1. The number of hydrogen-bond acceptors (Lipinski definition) is 2. The lowest BCUT2D eigenvalue weighted by Gasteiger charge is -2.26. The fourth-order valence-electron chi connectivity index (χ4n) is 2.97. The average molecular weight is 352 g/mol. The molecular formula is C19H30ClN3O. The molecule has 1 heterocycles. The van der Waals surface area contributed by atoms with E-state index >= 15 is 0 Å². The zero-order valence-electron chi connectivity index (χ0n) is 14.9. The third kappa shape index (κ3) is 6.70. The number of rotatable bonds is 7. The molecule has 2 rings (SSSR count).